The Labute approximate surface area is 142 Å². The number of nitrogens with one attached hydrogen (secondary N) is 1. The van der Waals surface area contributed by atoms with Crippen LogP contribution in [0.1, 0.15) is 10.5 Å². The van der Waals surface area contributed by atoms with Gasteiger partial charge in [-0.25, -0.2) is 0 Å². The highest BCUT2D eigenvalue weighted by Gasteiger charge is 2.23. The highest BCUT2D eigenvalue weighted by Crippen LogP contribution is 2.36. The fourth-order valence-corrected chi connectivity index (χ4v) is 3.28. The Morgan fingerprint density at radius 3 is 2.95 bits per heavy atom. The SMILES string of the molecule is C[S+]([O-])CC(=O)c1[nH]c2cc(Br)c(Cl)cc2c1-c1ccon1. The van der Waals surface area contributed by atoms with E-state index in [-0.39, 0.29) is 11.5 Å². The van der Waals surface area contributed by atoms with Gasteiger partial charge in [0, 0.05) is 27.0 Å². The van der Waals surface area contributed by atoms with Crippen molar-refractivity contribution in [3.63, 3.8) is 0 Å². The van der Waals surface area contributed by atoms with Crippen LogP contribution >= 0.6 is 27.5 Å². The molecule has 5 nitrogen and oxygen atoms in total. The lowest BCUT2D eigenvalue weighted by molar-refractivity contribution is 0.101. The molecule has 1 aromatic carbocycles. The molecule has 3 rings (SSSR count). The van der Waals surface area contributed by atoms with Crippen LogP contribution in [0.3, 0.4) is 0 Å². The molecule has 0 fully saturated rings. The molecule has 0 bridgehead atoms. The molecule has 8 heteroatoms. The lowest BCUT2D eigenvalue weighted by Crippen LogP contribution is -2.15. The highest BCUT2D eigenvalue weighted by atomic mass is 79.9. The van der Waals surface area contributed by atoms with Crippen LogP contribution in [-0.4, -0.2) is 32.5 Å². The molecule has 0 amide bonds. The van der Waals surface area contributed by atoms with Crippen LogP contribution in [0, 0.1) is 0 Å². The number of H-pyrrole nitrogens is 1. The summed E-state index contributed by atoms with van der Waals surface area (Å²) in [5, 5.41) is 5.18. The normalized spacial score (nSPS) is 12.7. The maximum absolute atomic E-state index is 12.4. The zero-order valence-electron chi connectivity index (χ0n) is 11.4. The number of hydrogen-bond donors (Lipinski definition) is 1. The van der Waals surface area contributed by atoms with Gasteiger partial charge in [-0.05, 0) is 39.2 Å². The van der Waals surface area contributed by atoms with Crippen LogP contribution in [0.5, 0.6) is 0 Å². The summed E-state index contributed by atoms with van der Waals surface area (Å²) < 4.78 is 17.0. The van der Waals surface area contributed by atoms with E-state index in [2.05, 4.69) is 26.1 Å². The van der Waals surface area contributed by atoms with E-state index in [4.69, 9.17) is 16.1 Å². The zero-order valence-corrected chi connectivity index (χ0v) is 14.5. The van der Waals surface area contributed by atoms with Crippen molar-refractivity contribution in [1.82, 2.24) is 10.1 Å². The molecule has 0 aliphatic carbocycles. The van der Waals surface area contributed by atoms with Crippen molar-refractivity contribution in [2.75, 3.05) is 12.0 Å². The number of benzene rings is 1. The van der Waals surface area contributed by atoms with Crippen molar-refractivity contribution < 1.29 is 13.9 Å². The molecule has 0 spiro atoms. The first kappa shape index (κ1) is 15.6. The van der Waals surface area contributed by atoms with Crippen molar-refractivity contribution >= 4 is 55.4 Å². The number of Topliss-reactive ketones (excluding diaryl/α,β-unsaturated/α-hetero) is 1. The molecular formula is C14H10BrClN2O3S. The first-order valence-corrected chi connectivity index (χ1v) is 9.12. The Balaban J connectivity index is 2.26. The molecule has 0 aliphatic rings. The predicted molar refractivity (Wildman–Crippen MR) is 89.8 cm³/mol. The number of hydrogen-bond acceptors (Lipinski definition) is 4. The molecule has 0 aliphatic heterocycles. The minimum Gasteiger partial charge on any atom is -0.616 e. The third-order valence-electron chi connectivity index (χ3n) is 3.15. The van der Waals surface area contributed by atoms with Gasteiger partial charge in [-0.3, -0.25) is 4.79 Å². The first-order chi connectivity index (χ1) is 10.5. The molecule has 22 heavy (non-hydrogen) atoms. The van der Waals surface area contributed by atoms with Gasteiger partial charge in [0.1, 0.15) is 12.0 Å². The standard InChI is InChI=1S/C14H10BrClN2O3S/c1-22(20)6-12(19)14-13(10-2-3-21-18-10)7-4-9(16)8(15)5-11(7)17-14/h2-5,17H,6H2,1H3. The average molecular weight is 402 g/mol. The second-order valence-electron chi connectivity index (χ2n) is 4.71. The molecule has 2 aromatic heterocycles. The summed E-state index contributed by atoms with van der Waals surface area (Å²) in [5.41, 5.74) is 2.22. The number of fused-ring (bicyclic) bond motifs is 1. The summed E-state index contributed by atoms with van der Waals surface area (Å²) in [4.78, 5) is 15.5. The fraction of sp³-hybridized carbons (Fsp3) is 0.143. The number of halogens is 2. The lowest BCUT2D eigenvalue weighted by atomic mass is 10.1. The van der Waals surface area contributed by atoms with Crippen molar-refractivity contribution in [2.45, 2.75) is 0 Å². The quantitative estimate of drug-likeness (QED) is 0.532. The minimum absolute atomic E-state index is 0.0629. The number of ketones is 1. The van der Waals surface area contributed by atoms with Crippen molar-refractivity contribution in [3.05, 3.63) is 39.7 Å². The number of aromatic nitrogens is 2. The van der Waals surface area contributed by atoms with E-state index < -0.39 is 11.2 Å². The smallest absolute Gasteiger partial charge is 0.228 e. The third-order valence-corrected chi connectivity index (χ3v) is 5.01. The van der Waals surface area contributed by atoms with Crippen molar-refractivity contribution in [3.8, 4) is 11.3 Å². The molecule has 2 heterocycles. The van der Waals surface area contributed by atoms with Crippen molar-refractivity contribution in [1.29, 1.82) is 0 Å². The Kier molecular flexibility index (Phi) is 4.31. The van der Waals surface area contributed by atoms with E-state index in [0.29, 0.717) is 26.4 Å². The van der Waals surface area contributed by atoms with Crippen LogP contribution in [0.15, 0.2) is 33.5 Å². The van der Waals surface area contributed by atoms with E-state index in [0.717, 1.165) is 10.9 Å². The molecule has 0 saturated heterocycles. The zero-order chi connectivity index (χ0) is 15.9. The summed E-state index contributed by atoms with van der Waals surface area (Å²) in [6.45, 7) is 0. The number of nitrogens with zero attached hydrogens (tertiary/aromatic N) is 1. The maximum atomic E-state index is 12.4. The third kappa shape index (κ3) is 2.81. The van der Waals surface area contributed by atoms with Crippen LogP contribution in [0.25, 0.3) is 22.2 Å². The van der Waals surface area contributed by atoms with Crippen LogP contribution < -0.4 is 0 Å². The first-order valence-electron chi connectivity index (χ1n) is 6.22. The lowest BCUT2D eigenvalue weighted by Gasteiger charge is -2.04. The van der Waals surface area contributed by atoms with E-state index in [1.165, 1.54) is 12.5 Å². The van der Waals surface area contributed by atoms with Crippen molar-refractivity contribution in [2.24, 2.45) is 0 Å². The molecule has 1 atom stereocenters. The van der Waals surface area contributed by atoms with E-state index >= 15 is 0 Å². The van der Waals surface area contributed by atoms with E-state index in [1.807, 2.05) is 0 Å². The molecular weight excluding hydrogens is 392 g/mol. The van der Waals surface area contributed by atoms with Crippen LogP contribution in [0.4, 0.5) is 0 Å². The highest BCUT2D eigenvalue weighted by molar-refractivity contribution is 9.10. The van der Waals surface area contributed by atoms with Gasteiger partial charge in [0.15, 0.2) is 5.75 Å². The average Bonchev–Trinajstić information content (AvgIpc) is 3.05. The molecule has 0 radical (unpaired) electrons. The Morgan fingerprint density at radius 2 is 2.32 bits per heavy atom. The van der Waals surface area contributed by atoms with Gasteiger partial charge in [0.25, 0.3) is 0 Å². The number of rotatable bonds is 4. The van der Waals surface area contributed by atoms with Gasteiger partial charge in [0.2, 0.25) is 5.78 Å². The van der Waals surface area contributed by atoms with Gasteiger partial charge in [-0.15, -0.1) is 0 Å². The van der Waals surface area contributed by atoms with Gasteiger partial charge < -0.3 is 14.1 Å². The maximum Gasteiger partial charge on any atom is 0.228 e. The molecule has 1 unspecified atom stereocenters. The summed E-state index contributed by atoms with van der Waals surface area (Å²) in [5.74, 6) is -0.311. The molecule has 0 saturated carbocycles. The summed E-state index contributed by atoms with van der Waals surface area (Å²) >= 11 is 8.28. The Hall–Kier alpha value is -1.28. The van der Waals surface area contributed by atoms with Gasteiger partial charge >= 0.3 is 0 Å². The molecule has 1 N–H and O–H groups in total. The van der Waals surface area contributed by atoms with E-state index in [9.17, 15) is 9.35 Å². The monoisotopic (exact) mass is 400 g/mol. The fourth-order valence-electron chi connectivity index (χ4n) is 2.26. The van der Waals surface area contributed by atoms with Gasteiger partial charge in [0.05, 0.1) is 17.0 Å². The summed E-state index contributed by atoms with van der Waals surface area (Å²) in [6, 6.07) is 5.21. The molecule has 114 valence electrons. The van der Waals surface area contributed by atoms with Crippen LogP contribution in [-0.2, 0) is 11.2 Å². The second kappa shape index (κ2) is 6.08. The molecule has 3 aromatic rings. The second-order valence-corrected chi connectivity index (χ2v) is 7.41. The predicted octanol–water partition coefficient (Wildman–Crippen LogP) is 3.80. The number of carbonyl (C=O) groups is 1. The van der Waals surface area contributed by atoms with Crippen LogP contribution in [0.2, 0.25) is 5.02 Å². The van der Waals surface area contributed by atoms with E-state index in [1.54, 1.807) is 18.2 Å². The topological polar surface area (TPSA) is 82.0 Å². The number of aromatic amines is 1. The minimum atomic E-state index is -1.23. The summed E-state index contributed by atoms with van der Waals surface area (Å²) in [7, 11) is 0. The Bertz CT molecular complexity index is 846. The number of carbonyl (C=O) groups excluding carboxylic acids is 1. The van der Waals surface area contributed by atoms with Gasteiger partial charge in [-0.1, -0.05) is 16.8 Å². The summed E-state index contributed by atoms with van der Waals surface area (Å²) in [6.07, 6.45) is 2.92. The Morgan fingerprint density at radius 1 is 1.55 bits per heavy atom. The van der Waals surface area contributed by atoms with Gasteiger partial charge in [-0.2, -0.15) is 0 Å². The largest absolute Gasteiger partial charge is 0.616 e.